The van der Waals surface area contributed by atoms with Crippen LogP contribution in [0.15, 0.2) is 60.8 Å². The third-order valence-electron chi connectivity index (χ3n) is 12.8. The summed E-state index contributed by atoms with van der Waals surface area (Å²) in [4.78, 5) is 38.1. The third kappa shape index (κ3) is 54.1. The predicted octanol–water partition coefficient (Wildman–Crippen LogP) is 19.6. The van der Waals surface area contributed by atoms with Crippen molar-refractivity contribution >= 4 is 17.9 Å². The van der Waals surface area contributed by atoms with E-state index in [2.05, 4.69) is 69.4 Å². The molecule has 0 bridgehead atoms. The number of allylic oxidation sites excluding steroid dienone is 9. The van der Waals surface area contributed by atoms with Gasteiger partial charge < -0.3 is 14.2 Å². The van der Waals surface area contributed by atoms with Crippen molar-refractivity contribution in [3.63, 3.8) is 0 Å². The summed E-state index contributed by atoms with van der Waals surface area (Å²) in [5.74, 6) is -1.02. The summed E-state index contributed by atoms with van der Waals surface area (Å²) >= 11 is 0. The van der Waals surface area contributed by atoms with Gasteiger partial charge in [-0.1, -0.05) is 293 Å². The molecule has 0 aliphatic heterocycles. The molecule has 0 aliphatic carbocycles. The fourth-order valence-electron chi connectivity index (χ4n) is 8.46. The van der Waals surface area contributed by atoms with Crippen LogP contribution in [-0.2, 0) is 28.6 Å². The highest BCUT2D eigenvalue weighted by molar-refractivity contribution is 5.72. The lowest BCUT2D eigenvalue weighted by atomic mass is 10.0. The van der Waals surface area contributed by atoms with E-state index in [1.165, 1.54) is 186 Å². The monoisotopic (exact) mass is 951 g/mol. The van der Waals surface area contributed by atoms with E-state index in [9.17, 15) is 14.4 Å². The van der Waals surface area contributed by atoms with E-state index in [1.807, 2.05) is 6.08 Å². The summed E-state index contributed by atoms with van der Waals surface area (Å²) < 4.78 is 16.8. The predicted molar refractivity (Wildman–Crippen MR) is 293 cm³/mol. The molecule has 0 radical (unpaired) electrons. The average Bonchev–Trinajstić information content (AvgIpc) is 3.34. The van der Waals surface area contributed by atoms with Gasteiger partial charge in [-0.3, -0.25) is 14.4 Å². The summed E-state index contributed by atoms with van der Waals surface area (Å²) in [5, 5.41) is 0. The molecule has 0 heterocycles. The first-order chi connectivity index (χ1) is 33.5. The normalized spacial score (nSPS) is 12.5. The second kappa shape index (κ2) is 56.7. The van der Waals surface area contributed by atoms with Gasteiger partial charge >= 0.3 is 17.9 Å². The molecule has 0 aliphatic rings. The zero-order valence-electron chi connectivity index (χ0n) is 45.1. The quantitative estimate of drug-likeness (QED) is 0.0262. The molecule has 6 heteroatoms. The van der Waals surface area contributed by atoms with Gasteiger partial charge in [-0.2, -0.15) is 0 Å². The molecular weight excluding hydrogens is 841 g/mol. The Morgan fingerprint density at radius 3 is 0.838 bits per heavy atom. The molecule has 394 valence electrons. The van der Waals surface area contributed by atoms with Crippen LogP contribution in [0.4, 0.5) is 0 Å². The van der Waals surface area contributed by atoms with Gasteiger partial charge in [0.25, 0.3) is 0 Å². The van der Waals surface area contributed by atoms with Crippen molar-refractivity contribution < 1.29 is 28.6 Å². The third-order valence-corrected chi connectivity index (χ3v) is 12.8. The van der Waals surface area contributed by atoms with Crippen molar-refractivity contribution in [2.24, 2.45) is 0 Å². The van der Waals surface area contributed by atoms with Crippen LogP contribution in [0.3, 0.4) is 0 Å². The Morgan fingerprint density at radius 1 is 0.309 bits per heavy atom. The Kier molecular flexibility index (Phi) is 54.3. The van der Waals surface area contributed by atoms with Crippen LogP contribution in [0.25, 0.3) is 0 Å². The minimum absolute atomic E-state index is 0.102. The van der Waals surface area contributed by atoms with Crippen LogP contribution >= 0.6 is 0 Å². The van der Waals surface area contributed by atoms with Crippen LogP contribution in [0.5, 0.6) is 0 Å². The van der Waals surface area contributed by atoms with E-state index in [-0.39, 0.29) is 31.6 Å². The Balaban J connectivity index is 4.36. The van der Waals surface area contributed by atoms with Gasteiger partial charge in [0.05, 0.1) is 6.42 Å². The van der Waals surface area contributed by atoms with Crippen LogP contribution in [0, 0.1) is 0 Å². The second-order valence-electron chi connectivity index (χ2n) is 19.6. The first-order valence-corrected chi connectivity index (χ1v) is 29.3. The number of carbonyl (C=O) groups is 3. The molecule has 0 spiro atoms. The molecule has 0 saturated carbocycles. The molecule has 0 saturated heterocycles. The van der Waals surface area contributed by atoms with E-state index in [0.717, 1.165) is 70.6 Å². The van der Waals surface area contributed by atoms with Crippen molar-refractivity contribution in [1.82, 2.24) is 0 Å². The van der Waals surface area contributed by atoms with Crippen molar-refractivity contribution in [1.29, 1.82) is 0 Å². The van der Waals surface area contributed by atoms with Gasteiger partial charge in [-0.05, 0) is 44.9 Å². The van der Waals surface area contributed by atoms with E-state index >= 15 is 0 Å². The number of hydrogen-bond donors (Lipinski definition) is 0. The lowest BCUT2D eigenvalue weighted by Gasteiger charge is -2.18. The number of carbonyl (C=O) groups excluding carboxylic acids is 3. The Hall–Kier alpha value is -2.89. The molecule has 0 aromatic heterocycles. The molecule has 0 amide bonds. The molecule has 0 fully saturated rings. The maximum Gasteiger partial charge on any atom is 0.310 e. The van der Waals surface area contributed by atoms with Crippen LogP contribution in [0.2, 0.25) is 0 Å². The SMILES string of the molecule is CC/C=C\C/C=C\C/C=C\C/C=C\C/C=C\CC(=O)OC(COC(=O)CCCCCCCCCCCCCCC)COC(=O)CCCCCCCCCCCCCCCCCCCCCCCC. The number of esters is 3. The van der Waals surface area contributed by atoms with Crippen molar-refractivity contribution in [2.75, 3.05) is 13.2 Å². The topological polar surface area (TPSA) is 78.9 Å². The average molecular weight is 952 g/mol. The minimum Gasteiger partial charge on any atom is -0.462 e. The lowest BCUT2D eigenvalue weighted by Crippen LogP contribution is -2.30. The highest BCUT2D eigenvalue weighted by atomic mass is 16.6. The molecule has 0 rings (SSSR count). The zero-order valence-corrected chi connectivity index (χ0v) is 45.1. The Labute approximate surface area is 421 Å². The standard InChI is InChI=1S/C62H110O6/c1-4-7-10-13-16-19-22-25-27-28-29-30-31-32-33-35-37-40-43-46-49-52-55-61(64)67-58-59(57-66-60(63)54-51-48-45-42-39-36-24-21-18-15-12-9-6-3)68-62(65)56-53-50-47-44-41-38-34-26-23-20-17-14-11-8-5-2/h8,11,17,20,26,34,41,44,50,53,59H,4-7,9-10,12-16,18-19,21-25,27-33,35-40,42-43,45-49,51-52,54-58H2,1-3H3/b11-8-,20-17-,34-26-,44-41-,53-50-. The Bertz CT molecular complexity index is 1230. The fraction of sp³-hybridized carbons (Fsp3) is 0.790. The molecule has 0 N–H and O–H groups in total. The van der Waals surface area contributed by atoms with Gasteiger partial charge in [-0.15, -0.1) is 0 Å². The first kappa shape index (κ1) is 65.1. The molecule has 1 unspecified atom stereocenters. The summed E-state index contributed by atoms with van der Waals surface area (Å²) in [7, 11) is 0. The number of unbranched alkanes of at least 4 members (excludes halogenated alkanes) is 33. The fourth-order valence-corrected chi connectivity index (χ4v) is 8.46. The molecule has 0 aromatic carbocycles. The van der Waals surface area contributed by atoms with Gasteiger partial charge in [0.1, 0.15) is 13.2 Å². The van der Waals surface area contributed by atoms with E-state index in [4.69, 9.17) is 14.2 Å². The summed E-state index contributed by atoms with van der Waals surface area (Å²) in [5.41, 5.74) is 0. The van der Waals surface area contributed by atoms with Crippen molar-refractivity contribution in [3.05, 3.63) is 60.8 Å². The largest absolute Gasteiger partial charge is 0.462 e. The van der Waals surface area contributed by atoms with E-state index in [1.54, 1.807) is 6.08 Å². The van der Waals surface area contributed by atoms with Gasteiger partial charge in [0.15, 0.2) is 6.10 Å². The zero-order chi connectivity index (χ0) is 49.3. The second-order valence-corrected chi connectivity index (χ2v) is 19.6. The smallest absolute Gasteiger partial charge is 0.310 e. The maximum atomic E-state index is 12.8. The first-order valence-electron chi connectivity index (χ1n) is 29.3. The van der Waals surface area contributed by atoms with E-state index < -0.39 is 12.1 Å². The number of rotatable bonds is 53. The highest BCUT2D eigenvalue weighted by Gasteiger charge is 2.19. The van der Waals surface area contributed by atoms with Crippen LogP contribution < -0.4 is 0 Å². The van der Waals surface area contributed by atoms with Crippen molar-refractivity contribution in [3.8, 4) is 0 Å². The summed E-state index contributed by atoms with van der Waals surface area (Å²) in [6, 6.07) is 0. The molecule has 6 nitrogen and oxygen atoms in total. The number of ether oxygens (including phenoxy) is 3. The summed E-state index contributed by atoms with van der Waals surface area (Å²) in [6.45, 7) is 6.48. The van der Waals surface area contributed by atoms with Crippen LogP contribution in [-0.4, -0.2) is 37.2 Å². The molecular formula is C62H110O6. The van der Waals surface area contributed by atoms with Crippen LogP contribution in [0.1, 0.15) is 297 Å². The lowest BCUT2D eigenvalue weighted by molar-refractivity contribution is -0.166. The number of hydrogen-bond acceptors (Lipinski definition) is 6. The Morgan fingerprint density at radius 2 is 0.559 bits per heavy atom. The minimum atomic E-state index is -0.825. The van der Waals surface area contributed by atoms with Crippen molar-refractivity contribution in [2.45, 2.75) is 303 Å². The summed E-state index contributed by atoms with van der Waals surface area (Å²) in [6.07, 6.45) is 71.1. The van der Waals surface area contributed by atoms with E-state index in [0.29, 0.717) is 12.8 Å². The van der Waals surface area contributed by atoms with Gasteiger partial charge in [-0.25, -0.2) is 0 Å². The molecule has 68 heavy (non-hydrogen) atoms. The molecule has 0 aromatic rings. The molecule has 1 atom stereocenters. The van der Waals surface area contributed by atoms with Gasteiger partial charge in [0.2, 0.25) is 0 Å². The maximum absolute atomic E-state index is 12.8. The highest BCUT2D eigenvalue weighted by Crippen LogP contribution is 2.17. The van der Waals surface area contributed by atoms with Gasteiger partial charge in [0, 0.05) is 12.8 Å².